The van der Waals surface area contributed by atoms with Crippen LogP contribution < -0.4 is 5.32 Å². The van der Waals surface area contributed by atoms with Crippen LogP contribution in [0.15, 0.2) is 30.3 Å². The third kappa shape index (κ3) is 3.45. The first-order valence-electron chi connectivity index (χ1n) is 5.82. The fraction of sp³-hybridized carbons (Fsp3) is 0.462. The molecule has 1 atom stereocenters. The van der Waals surface area contributed by atoms with Crippen LogP contribution in [0.1, 0.15) is 23.2 Å². The molecule has 0 saturated carbocycles. The Balaban J connectivity index is 0.00000144. The average molecular weight is 255 g/mol. The molecule has 1 fully saturated rings. The Morgan fingerprint density at radius 3 is 2.65 bits per heavy atom. The smallest absolute Gasteiger partial charge is 0.253 e. The highest BCUT2D eigenvalue weighted by molar-refractivity contribution is 5.94. The molecule has 4 heteroatoms. The van der Waals surface area contributed by atoms with Gasteiger partial charge >= 0.3 is 0 Å². The normalized spacial score (nSPS) is 19.2. The van der Waals surface area contributed by atoms with Crippen molar-refractivity contribution >= 4 is 18.3 Å². The van der Waals surface area contributed by atoms with Crippen molar-refractivity contribution in [3.05, 3.63) is 35.9 Å². The zero-order valence-corrected chi connectivity index (χ0v) is 10.9. The molecule has 1 aliphatic heterocycles. The van der Waals surface area contributed by atoms with Crippen LogP contribution in [-0.2, 0) is 0 Å². The van der Waals surface area contributed by atoms with Crippen molar-refractivity contribution in [2.45, 2.75) is 18.9 Å². The van der Waals surface area contributed by atoms with Crippen LogP contribution in [-0.4, -0.2) is 37.0 Å². The van der Waals surface area contributed by atoms with E-state index >= 15 is 0 Å². The Morgan fingerprint density at radius 2 is 2.06 bits per heavy atom. The van der Waals surface area contributed by atoms with E-state index in [1.54, 1.807) is 0 Å². The quantitative estimate of drug-likeness (QED) is 0.875. The number of piperidine rings is 1. The fourth-order valence-electron chi connectivity index (χ4n) is 2.11. The summed E-state index contributed by atoms with van der Waals surface area (Å²) in [7, 11) is 1.90. The summed E-state index contributed by atoms with van der Waals surface area (Å²) in [6, 6.07) is 9.81. The predicted octanol–water partition coefficient (Wildman–Crippen LogP) is 1.93. The number of carbonyl (C=O) groups is 1. The highest BCUT2D eigenvalue weighted by Gasteiger charge is 2.22. The maximum atomic E-state index is 12.1. The first kappa shape index (κ1) is 14.0. The van der Waals surface area contributed by atoms with Crippen molar-refractivity contribution < 1.29 is 4.79 Å². The van der Waals surface area contributed by atoms with Gasteiger partial charge in [-0.2, -0.15) is 0 Å². The summed E-state index contributed by atoms with van der Waals surface area (Å²) in [4.78, 5) is 14.0. The molecule has 1 aromatic carbocycles. The lowest BCUT2D eigenvalue weighted by atomic mass is 10.1. The van der Waals surface area contributed by atoms with Gasteiger partial charge in [0.05, 0.1) is 0 Å². The van der Waals surface area contributed by atoms with Crippen molar-refractivity contribution in [2.75, 3.05) is 20.1 Å². The second-order valence-electron chi connectivity index (χ2n) is 4.28. The number of halogens is 1. The molecule has 2 rings (SSSR count). The molecule has 1 N–H and O–H groups in total. The van der Waals surface area contributed by atoms with Gasteiger partial charge in [-0.05, 0) is 31.5 Å². The number of amides is 1. The van der Waals surface area contributed by atoms with E-state index in [1.807, 2.05) is 42.3 Å². The van der Waals surface area contributed by atoms with Crippen LogP contribution in [0.5, 0.6) is 0 Å². The lowest BCUT2D eigenvalue weighted by molar-refractivity contribution is 0.0708. The number of nitrogens with zero attached hydrogens (tertiary/aromatic N) is 1. The Labute approximate surface area is 109 Å². The molecule has 3 nitrogen and oxygen atoms in total. The minimum atomic E-state index is 0. The summed E-state index contributed by atoms with van der Waals surface area (Å²) in [5.41, 5.74) is 0.774. The summed E-state index contributed by atoms with van der Waals surface area (Å²) in [5, 5.41) is 3.33. The monoisotopic (exact) mass is 254 g/mol. The number of hydrogen-bond donors (Lipinski definition) is 1. The summed E-state index contributed by atoms with van der Waals surface area (Å²) >= 11 is 0. The predicted molar refractivity (Wildman–Crippen MR) is 71.7 cm³/mol. The summed E-state index contributed by atoms with van der Waals surface area (Å²) in [6.07, 6.45) is 2.25. The Hall–Kier alpha value is -1.06. The van der Waals surface area contributed by atoms with Gasteiger partial charge in [0.2, 0.25) is 0 Å². The van der Waals surface area contributed by atoms with Gasteiger partial charge in [0.15, 0.2) is 0 Å². The highest BCUT2D eigenvalue weighted by atomic mass is 35.5. The fourth-order valence-corrected chi connectivity index (χ4v) is 2.11. The Morgan fingerprint density at radius 1 is 1.35 bits per heavy atom. The number of hydrogen-bond acceptors (Lipinski definition) is 2. The van der Waals surface area contributed by atoms with Crippen LogP contribution in [0.2, 0.25) is 0 Å². The maximum Gasteiger partial charge on any atom is 0.253 e. The van der Waals surface area contributed by atoms with E-state index in [1.165, 1.54) is 0 Å². The molecular weight excluding hydrogens is 236 g/mol. The standard InChI is InChI=1S/C13H18N2O.ClH/c1-15(12-8-5-9-14-10-12)13(16)11-6-3-2-4-7-11;/h2-4,6-7,12,14H,5,8-10H2,1H3;1H/t12-;/m0./s1. The second kappa shape index (κ2) is 6.62. The van der Waals surface area contributed by atoms with Crippen LogP contribution >= 0.6 is 12.4 Å². The Kier molecular flexibility index (Phi) is 5.45. The highest BCUT2D eigenvalue weighted by Crippen LogP contribution is 2.12. The van der Waals surface area contributed by atoms with E-state index in [4.69, 9.17) is 0 Å². The van der Waals surface area contributed by atoms with Gasteiger partial charge in [-0.1, -0.05) is 18.2 Å². The zero-order valence-electron chi connectivity index (χ0n) is 10.1. The first-order valence-corrected chi connectivity index (χ1v) is 5.82. The van der Waals surface area contributed by atoms with Gasteiger partial charge in [0.1, 0.15) is 0 Å². The summed E-state index contributed by atoms with van der Waals surface area (Å²) in [6.45, 7) is 1.99. The molecule has 0 bridgehead atoms. The molecule has 0 aliphatic carbocycles. The minimum absolute atomic E-state index is 0. The van der Waals surface area contributed by atoms with Gasteiger partial charge in [-0.3, -0.25) is 4.79 Å². The number of carbonyl (C=O) groups excluding carboxylic acids is 1. The van der Waals surface area contributed by atoms with Crippen LogP contribution in [0.4, 0.5) is 0 Å². The van der Waals surface area contributed by atoms with Crippen molar-refractivity contribution in [2.24, 2.45) is 0 Å². The van der Waals surface area contributed by atoms with Crippen molar-refractivity contribution in [1.29, 1.82) is 0 Å². The van der Waals surface area contributed by atoms with Gasteiger partial charge < -0.3 is 10.2 Å². The molecule has 1 saturated heterocycles. The van der Waals surface area contributed by atoms with Gasteiger partial charge in [-0.15, -0.1) is 12.4 Å². The largest absolute Gasteiger partial charge is 0.337 e. The third-order valence-electron chi connectivity index (χ3n) is 3.16. The molecule has 1 aromatic rings. The lowest BCUT2D eigenvalue weighted by Crippen LogP contribution is -2.46. The average Bonchev–Trinajstić information content (AvgIpc) is 2.39. The summed E-state index contributed by atoms with van der Waals surface area (Å²) < 4.78 is 0. The van der Waals surface area contributed by atoms with Crippen LogP contribution in [0, 0.1) is 0 Å². The molecule has 17 heavy (non-hydrogen) atoms. The van der Waals surface area contributed by atoms with Crippen molar-refractivity contribution in [1.82, 2.24) is 10.2 Å². The molecule has 0 radical (unpaired) electrons. The third-order valence-corrected chi connectivity index (χ3v) is 3.16. The van der Waals surface area contributed by atoms with Crippen molar-refractivity contribution in [3.63, 3.8) is 0 Å². The minimum Gasteiger partial charge on any atom is -0.337 e. The molecular formula is C13H19ClN2O. The van der Waals surface area contributed by atoms with Crippen LogP contribution in [0.3, 0.4) is 0 Å². The van der Waals surface area contributed by atoms with E-state index in [0.717, 1.165) is 31.5 Å². The van der Waals surface area contributed by atoms with E-state index in [2.05, 4.69) is 5.32 Å². The summed E-state index contributed by atoms with van der Waals surface area (Å²) in [5.74, 6) is 0.120. The van der Waals surface area contributed by atoms with Gasteiger partial charge in [-0.25, -0.2) is 0 Å². The van der Waals surface area contributed by atoms with Crippen LogP contribution in [0.25, 0.3) is 0 Å². The van der Waals surface area contributed by atoms with Crippen molar-refractivity contribution in [3.8, 4) is 0 Å². The molecule has 94 valence electrons. The van der Waals surface area contributed by atoms with E-state index < -0.39 is 0 Å². The number of benzene rings is 1. The molecule has 1 amide bonds. The molecule has 1 aliphatic rings. The topological polar surface area (TPSA) is 32.3 Å². The first-order chi connectivity index (χ1) is 7.79. The Bertz CT molecular complexity index is 350. The SMILES string of the molecule is CN(C(=O)c1ccccc1)[C@H]1CCCNC1.Cl. The number of rotatable bonds is 2. The van der Waals surface area contributed by atoms with E-state index in [-0.39, 0.29) is 18.3 Å². The molecule has 0 unspecified atom stereocenters. The molecule has 0 aromatic heterocycles. The second-order valence-corrected chi connectivity index (χ2v) is 4.28. The zero-order chi connectivity index (χ0) is 11.4. The number of likely N-dealkylation sites (N-methyl/N-ethyl adjacent to an activating group) is 1. The molecule has 0 spiro atoms. The lowest BCUT2D eigenvalue weighted by Gasteiger charge is -2.31. The van der Waals surface area contributed by atoms with E-state index in [0.29, 0.717) is 6.04 Å². The van der Waals surface area contributed by atoms with Gasteiger partial charge in [0.25, 0.3) is 5.91 Å². The molecule has 1 heterocycles. The van der Waals surface area contributed by atoms with Gasteiger partial charge in [0, 0.05) is 25.2 Å². The van der Waals surface area contributed by atoms with E-state index in [9.17, 15) is 4.79 Å². The number of nitrogens with one attached hydrogen (secondary N) is 1. The maximum absolute atomic E-state index is 12.1.